The van der Waals surface area contributed by atoms with Crippen molar-refractivity contribution in [3.63, 3.8) is 0 Å². The van der Waals surface area contributed by atoms with Crippen LogP contribution in [-0.4, -0.2) is 19.5 Å². The third-order valence-corrected chi connectivity index (χ3v) is 1.91. The average Bonchev–Trinajstić information content (AvgIpc) is 2.62. The molecule has 0 fully saturated rings. The highest BCUT2D eigenvalue weighted by Crippen LogP contribution is 2.21. The fourth-order valence-corrected chi connectivity index (χ4v) is 1.13. The van der Waals surface area contributed by atoms with Crippen molar-refractivity contribution in [3.05, 3.63) is 30.1 Å². The first-order chi connectivity index (χ1) is 6.29. The van der Waals surface area contributed by atoms with Crippen molar-refractivity contribution in [3.8, 4) is 5.82 Å². The smallest absolute Gasteiger partial charge is 0.162 e. The minimum Gasteiger partial charge on any atom is -0.382 e. The van der Waals surface area contributed by atoms with Gasteiger partial charge < -0.3 is 5.73 Å². The van der Waals surface area contributed by atoms with E-state index in [4.69, 9.17) is 17.3 Å². The quantitative estimate of drug-likeness (QED) is 0.734. The molecule has 0 aliphatic rings. The zero-order chi connectivity index (χ0) is 9.26. The molecule has 0 aromatic carbocycles. The van der Waals surface area contributed by atoms with E-state index in [0.717, 1.165) is 0 Å². The largest absolute Gasteiger partial charge is 0.382 e. The van der Waals surface area contributed by atoms with Gasteiger partial charge in [0.2, 0.25) is 0 Å². The SMILES string of the molecule is Nc1ncnc(-n2ccnc2)c1Cl. The first kappa shape index (κ1) is 8.00. The number of rotatable bonds is 1. The van der Waals surface area contributed by atoms with Crippen molar-refractivity contribution in [1.82, 2.24) is 19.5 Å². The molecular formula is C7H6ClN5. The van der Waals surface area contributed by atoms with E-state index in [1.165, 1.54) is 6.33 Å². The number of anilines is 1. The van der Waals surface area contributed by atoms with E-state index in [1.807, 2.05) is 0 Å². The number of halogens is 1. The van der Waals surface area contributed by atoms with Crippen LogP contribution in [0.3, 0.4) is 0 Å². The van der Waals surface area contributed by atoms with Gasteiger partial charge in [0.25, 0.3) is 0 Å². The fraction of sp³-hybridized carbons (Fsp3) is 0. The zero-order valence-electron chi connectivity index (χ0n) is 6.55. The molecule has 0 bridgehead atoms. The molecule has 0 saturated carbocycles. The summed E-state index contributed by atoms with van der Waals surface area (Å²) in [6.07, 6.45) is 6.31. The Balaban J connectivity index is 2.59. The van der Waals surface area contributed by atoms with Crippen molar-refractivity contribution >= 4 is 17.4 Å². The van der Waals surface area contributed by atoms with Gasteiger partial charge >= 0.3 is 0 Å². The van der Waals surface area contributed by atoms with Gasteiger partial charge in [-0.2, -0.15) is 0 Å². The van der Waals surface area contributed by atoms with E-state index in [9.17, 15) is 0 Å². The summed E-state index contributed by atoms with van der Waals surface area (Å²) in [6.45, 7) is 0. The highest BCUT2D eigenvalue weighted by Gasteiger charge is 2.06. The standard InChI is InChI=1S/C7H6ClN5/c8-5-6(9)11-3-12-7(5)13-2-1-10-4-13/h1-4H,(H2,9,11,12). The van der Waals surface area contributed by atoms with Crippen LogP contribution in [0.5, 0.6) is 0 Å². The highest BCUT2D eigenvalue weighted by molar-refractivity contribution is 6.34. The normalized spacial score (nSPS) is 10.2. The second kappa shape index (κ2) is 3.02. The minimum absolute atomic E-state index is 0.264. The van der Waals surface area contributed by atoms with E-state index >= 15 is 0 Å². The second-order valence-electron chi connectivity index (χ2n) is 2.37. The van der Waals surface area contributed by atoms with Crippen LogP contribution in [0.25, 0.3) is 5.82 Å². The maximum absolute atomic E-state index is 5.89. The lowest BCUT2D eigenvalue weighted by molar-refractivity contribution is 0.974. The van der Waals surface area contributed by atoms with E-state index in [0.29, 0.717) is 10.8 Å². The molecule has 0 radical (unpaired) electrons. The van der Waals surface area contributed by atoms with Gasteiger partial charge in [0.05, 0.1) is 0 Å². The van der Waals surface area contributed by atoms with Gasteiger partial charge in [0, 0.05) is 12.4 Å². The summed E-state index contributed by atoms with van der Waals surface area (Å²) in [5.74, 6) is 0.798. The number of nitrogens with two attached hydrogens (primary N) is 1. The molecule has 0 unspecified atom stereocenters. The van der Waals surface area contributed by atoms with Crippen LogP contribution in [0.2, 0.25) is 5.02 Å². The lowest BCUT2D eigenvalue weighted by Gasteiger charge is -2.03. The Labute approximate surface area is 79.2 Å². The molecule has 2 rings (SSSR count). The molecule has 5 nitrogen and oxygen atoms in total. The van der Waals surface area contributed by atoms with Crippen LogP contribution in [0.15, 0.2) is 25.0 Å². The van der Waals surface area contributed by atoms with E-state index < -0.39 is 0 Å². The van der Waals surface area contributed by atoms with E-state index in [1.54, 1.807) is 23.3 Å². The van der Waals surface area contributed by atoms with Crippen molar-refractivity contribution in [2.45, 2.75) is 0 Å². The molecule has 2 aromatic heterocycles. The zero-order valence-corrected chi connectivity index (χ0v) is 7.31. The first-order valence-electron chi connectivity index (χ1n) is 3.53. The average molecular weight is 196 g/mol. The molecule has 0 amide bonds. The molecule has 0 aliphatic carbocycles. The minimum atomic E-state index is 0.264. The molecule has 0 atom stereocenters. The topological polar surface area (TPSA) is 69.6 Å². The summed E-state index contributed by atoms with van der Waals surface area (Å²) in [7, 11) is 0. The van der Waals surface area contributed by atoms with Gasteiger partial charge in [0.15, 0.2) is 5.82 Å². The van der Waals surface area contributed by atoms with Crippen LogP contribution in [0.4, 0.5) is 5.82 Å². The molecule has 0 spiro atoms. The van der Waals surface area contributed by atoms with Crippen LogP contribution in [0.1, 0.15) is 0 Å². The molecular weight excluding hydrogens is 190 g/mol. The number of nitrogens with zero attached hydrogens (tertiary/aromatic N) is 4. The summed E-state index contributed by atoms with van der Waals surface area (Å²) in [4.78, 5) is 11.6. The predicted molar refractivity (Wildman–Crippen MR) is 48.6 cm³/mol. The van der Waals surface area contributed by atoms with E-state index in [2.05, 4.69) is 15.0 Å². The summed E-state index contributed by atoms with van der Waals surface area (Å²) < 4.78 is 1.67. The maximum Gasteiger partial charge on any atom is 0.162 e. The Morgan fingerprint density at radius 2 is 2.23 bits per heavy atom. The van der Waals surface area contributed by atoms with Gasteiger partial charge in [0.1, 0.15) is 23.5 Å². The van der Waals surface area contributed by atoms with Gasteiger partial charge in [-0.3, -0.25) is 4.57 Å². The van der Waals surface area contributed by atoms with Crippen LogP contribution in [-0.2, 0) is 0 Å². The van der Waals surface area contributed by atoms with Gasteiger partial charge in [-0.1, -0.05) is 11.6 Å². The number of imidazole rings is 1. The monoisotopic (exact) mass is 195 g/mol. The molecule has 6 heteroatoms. The first-order valence-corrected chi connectivity index (χ1v) is 3.91. The maximum atomic E-state index is 5.89. The number of nitrogen functional groups attached to an aromatic ring is 1. The molecule has 13 heavy (non-hydrogen) atoms. The van der Waals surface area contributed by atoms with Crippen LogP contribution in [0, 0.1) is 0 Å². The van der Waals surface area contributed by atoms with Crippen LogP contribution < -0.4 is 5.73 Å². The van der Waals surface area contributed by atoms with E-state index in [-0.39, 0.29) is 5.82 Å². The summed E-state index contributed by atoms with van der Waals surface area (Å²) in [5, 5.41) is 0.334. The number of aromatic nitrogens is 4. The van der Waals surface area contributed by atoms with Gasteiger partial charge in [-0.15, -0.1) is 0 Å². The Hall–Kier alpha value is -1.62. The molecule has 2 N–H and O–H groups in total. The Morgan fingerprint density at radius 1 is 1.38 bits per heavy atom. The van der Waals surface area contributed by atoms with Crippen LogP contribution >= 0.6 is 11.6 Å². The lowest BCUT2D eigenvalue weighted by atomic mass is 10.5. The summed E-state index contributed by atoms with van der Waals surface area (Å²) in [6, 6.07) is 0. The highest BCUT2D eigenvalue weighted by atomic mass is 35.5. The number of hydrogen-bond donors (Lipinski definition) is 1. The Kier molecular flexibility index (Phi) is 1.86. The summed E-state index contributed by atoms with van der Waals surface area (Å²) >= 11 is 5.89. The van der Waals surface area contributed by atoms with Crippen molar-refractivity contribution in [1.29, 1.82) is 0 Å². The predicted octanol–water partition coefficient (Wildman–Crippen LogP) is 0.898. The third-order valence-electron chi connectivity index (χ3n) is 1.55. The van der Waals surface area contributed by atoms with Crippen molar-refractivity contribution < 1.29 is 0 Å². The summed E-state index contributed by atoms with van der Waals surface area (Å²) in [5.41, 5.74) is 5.51. The second-order valence-corrected chi connectivity index (χ2v) is 2.74. The fourth-order valence-electron chi connectivity index (χ4n) is 0.938. The Bertz CT molecular complexity index is 411. The molecule has 2 heterocycles. The third kappa shape index (κ3) is 1.33. The Morgan fingerprint density at radius 3 is 2.92 bits per heavy atom. The van der Waals surface area contributed by atoms with Crippen molar-refractivity contribution in [2.24, 2.45) is 0 Å². The molecule has 0 saturated heterocycles. The van der Waals surface area contributed by atoms with Gasteiger partial charge in [-0.25, -0.2) is 15.0 Å². The molecule has 66 valence electrons. The molecule has 2 aromatic rings. The number of hydrogen-bond acceptors (Lipinski definition) is 4. The van der Waals surface area contributed by atoms with Crippen molar-refractivity contribution in [2.75, 3.05) is 5.73 Å². The molecule has 0 aliphatic heterocycles. The van der Waals surface area contributed by atoms with Gasteiger partial charge in [-0.05, 0) is 0 Å². The lowest BCUT2D eigenvalue weighted by Crippen LogP contribution is -2.00.